The summed E-state index contributed by atoms with van der Waals surface area (Å²) in [5, 5.41) is 2.98. The smallest absolute Gasteiger partial charge is 0.255 e. The van der Waals surface area contributed by atoms with Gasteiger partial charge in [-0.15, -0.1) is 0 Å². The molecule has 0 aliphatic heterocycles. The predicted octanol–water partition coefficient (Wildman–Crippen LogP) is 5.73. The van der Waals surface area contributed by atoms with E-state index in [2.05, 4.69) is 15.3 Å². The molecule has 2 heterocycles. The lowest BCUT2D eigenvalue weighted by Gasteiger charge is -2.18. The molecule has 0 spiro atoms. The number of nitrogens with two attached hydrogens (primary N) is 1. The number of nitrogens with one attached hydrogen (secondary N) is 1. The van der Waals surface area contributed by atoms with Gasteiger partial charge in [-0.05, 0) is 62.7 Å². The molecular formula is C27H26N4O2. The lowest BCUT2D eigenvalue weighted by Crippen LogP contribution is -2.13. The van der Waals surface area contributed by atoms with Crippen LogP contribution in [0.15, 0.2) is 79.3 Å². The van der Waals surface area contributed by atoms with Gasteiger partial charge < -0.3 is 15.8 Å². The molecule has 6 heteroatoms. The standard InChI is InChI=1S/C27H26N4O2/c1-17-10-18(2)12-22(11-17)27(32)31-24-8-4-6-20(13-24)19(3)33-25-14-23(16-30-26(25)28)21-7-5-9-29-15-21/h4-16,19H,1-3H3,(H2,28,30)(H,31,32). The maximum absolute atomic E-state index is 12.7. The number of aryl methyl sites for hydroxylation is 2. The van der Waals surface area contributed by atoms with Gasteiger partial charge in [0.2, 0.25) is 0 Å². The largest absolute Gasteiger partial charge is 0.482 e. The molecule has 0 saturated carbocycles. The molecule has 1 atom stereocenters. The number of pyridine rings is 2. The summed E-state index contributed by atoms with van der Waals surface area (Å²) >= 11 is 0. The fourth-order valence-corrected chi connectivity index (χ4v) is 3.68. The average Bonchev–Trinajstić information content (AvgIpc) is 2.80. The van der Waals surface area contributed by atoms with Crippen LogP contribution >= 0.6 is 0 Å². The highest BCUT2D eigenvalue weighted by Gasteiger charge is 2.14. The van der Waals surface area contributed by atoms with Crippen LogP contribution in [-0.4, -0.2) is 15.9 Å². The van der Waals surface area contributed by atoms with Crippen molar-refractivity contribution in [2.24, 2.45) is 0 Å². The third-order valence-corrected chi connectivity index (χ3v) is 5.28. The molecule has 0 aliphatic carbocycles. The molecule has 33 heavy (non-hydrogen) atoms. The van der Waals surface area contributed by atoms with Crippen molar-refractivity contribution in [3.8, 4) is 16.9 Å². The number of hydrogen-bond acceptors (Lipinski definition) is 5. The molecule has 166 valence electrons. The second-order valence-corrected chi connectivity index (χ2v) is 8.07. The Kier molecular flexibility index (Phi) is 6.36. The maximum atomic E-state index is 12.7. The topological polar surface area (TPSA) is 90.1 Å². The van der Waals surface area contributed by atoms with Gasteiger partial charge in [-0.3, -0.25) is 9.78 Å². The quantitative estimate of drug-likeness (QED) is 0.401. The zero-order valence-corrected chi connectivity index (χ0v) is 18.9. The second-order valence-electron chi connectivity index (χ2n) is 8.07. The van der Waals surface area contributed by atoms with Gasteiger partial charge in [0.05, 0.1) is 0 Å². The van der Waals surface area contributed by atoms with E-state index >= 15 is 0 Å². The minimum absolute atomic E-state index is 0.148. The van der Waals surface area contributed by atoms with Crippen molar-refractivity contribution < 1.29 is 9.53 Å². The van der Waals surface area contributed by atoms with E-state index in [0.717, 1.165) is 27.8 Å². The number of ether oxygens (including phenoxy) is 1. The highest BCUT2D eigenvalue weighted by Crippen LogP contribution is 2.31. The van der Waals surface area contributed by atoms with E-state index in [9.17, 15) is 4.79 Å². The third-order valence-electron chi connectivity index (χ3n) is 5.28. The number of amides is 1. The fourth-order valence-electron chi connectivity index (χ4n) is 3.68. The van der Waals surface area contributed by atoms with Crippen molar-refractivity contribution in [2.75, 3.05) is 11.1 Å². The van der Waals surface area contributed by atoms with E-state index < -0.39 is 0 Å². The molecule has 0 bridgehead atoms. The van der Waals surface area contributed by atoms with Gasteiger partial charge in [-0.2, -0.15) is 0 Å². The van der Waals surface area contributed by atoms with E-state index in [1.54, 1.807) is 18.6 Å². The molecule has 1 amide bonds. The number of benzene rings is 2. The van der Waals surface area contributed by atoms with Crippen LogP contribution in [0, 0.1) is 13.8 Å². The number of hydrogen-bond donors (Lipinski definition) is 2. The number of nitrogens with zero attached hydrogens (tertiary/aromatic N) is 2. The first kappa shape index (κ1) is 22.0. The van der Waals surface area contributed by atoms with Crippen molar-refractivity contribution in [3.63, 3.8) is 0 Å². The number of aromatic nitrogens is 2. The monoisotopic (exact) mass is 438 g/mol. The summed E-state index contributed by atoms with van der Waals surface area (Å²) in [5.74, 6) is 0.660. The van der Waals surface area contributed by atoms with E-state index in [4.69, 9.17) is 10.5 Å². The van der Waals surface area contributed by atoms with Crippen LogP contribution in [0.3, 0.4) is 0 Å². The van der Waals surface area contributed by atoms with Crippen molar-refractivity contribution in [1.29, 1.82) is 0 Å². The minimum Gasteiger partial charge on any atom is -0.482 e. The normalized spacial score (nSPS) is 11.6. The lowest BCUT2D eigenvalue weighted by molar-refractivity contribution is 0.102. The summed E-state index contributed by atoms with van der Waals surface area (Å²) in [7, 11) is 0. The first-order valence-electron chi connectivity index (χ1n) is 10.7. The Bertz CT molecular complexity index is 1270. The Hall–Kier alpha value is -4.19. The molecule has 0 saturated heterocycles. The summed E-state index contributed by atoms with van der Waals surface area (Å²) in [6.07, 6.45) is 4.88. The van der Waals surface area contributed by atoms with E-state index in [0.29, 0.717) is 22.8 Å². The highest BCUT2D eigenvalue weighted by molar-refractivity contribution is 6.04. The number of carbonyl (C=O) groups is 1. The van der Waals surface area contributed by atoms with E-state index in [1.807, 2.05) is 81.4 Å². The van der Waals surface area contributed by atoms with E-state index in [1.165, 1.54) is 0 Å². The molecule has 4 aromatic rings. The van der Waals surface area contributed by atoms with Crippen molar-refractivity contribution >= 4 is 17.4 Å². The van der Waals surface area contributed by atoms with Crippen molar-refractivity contribution in [3.05, 3.63) is 102 Å². The minimum atomic E-state index is -0.309. The molecule has 1 unspecified atom stereocenters. The summed E-state index contributed by atoms with van der Waals surface area (Å²) in [6, 6.07) is 19.1. The van der Waals surface area contributed by atoms with Crippen LogP contribution in [0.1, 0.15) is 40.1 Å². The maximum Gasteiger partial charge on any atom is 0.255 e. The average molecular weight is 439 g/mol. The highest BCUT2D eigenvalue weighted by atomic mass is 16.5. The Labute approximate surface area is 193 Å². The summed E-state index contributed by atoms with van der Waals surface area (Å²) < 4.78 is 6.15. The summed E-state index contributed by atoms with van der Waals surface area (Å²) in [5.41, 5.74) is 12.2. The molecule has 2 aromatic carbocycles. The number of carbonyl (C=O) groups excluding carboxylic acids is 1. The molecule has 3 N–H and O–H groups in total. The molecular weight excluding hydrogens is 412 g/mol. The van der Waals surface area contributed by atoms with Crippen LogP contribution in [0.25, 0.3) is 11.1 Å². The summed E-state index contributed by atoms with van der Waals surface area (Å²) in [6.45, 7) is 5.89. The zero-order valence-electron chi connectivity index (χ0n) is 18.9. The van der Waals surface area contributed by atoms with Gasteiger partial charge in [0.15, 0.2) is 11.6 Å². The van der Waals surface area contributed by atoms with Crippen molar-refractivity contribution in [1.82, 2.24) is 9.97 Å². The van der Waals surface area contributed by atoms with Crippen LogP contribution in [0.5, 0.6) is 5.75 Å². The van der Waals surface area contributed by atoms with Gasteiger partial charge in [0.25, 0.3) is 5.91 Å². The molecule has 0 aliphatic rings. The van der Waals surface area contributed by atoms with Gasteiger partial charge in [-0.25, -0.2) is 4.98 Å². The molecule has 4 rings (SSSR count). The van der Waals surface area contributed by atoms with E-state index in [-0.39, 0.29) is 12.0 Å². The van der Waals surface area contributed by atoms with Gasteiger partial charge in [0, 0.05) is 41.0 Å². The molecule has 6 nitrogen and oxygen atoms in total. The van der Waals surface area contributed by atoms with Gasteiger partial charge >= 0.3 is 0 Å². The van der Waals surface area contributed by atoms with Crippen molar-refractivity contribution in [2.45, 2.75) is 26.9 Å². The number of anilines is 2. The van der Waals surface area contributed by atoms with Crippen LogP contribution in [0.2, 0.25) is 0 Å². The number of nitrogen functional groups attached to an aromatic ring is 1. The Morgan fingerprint density at radius 3 is 2.48 bits per heavy atom. The number of rotatable bonds is 6. The molecule has 0 fully saturated rings. The Morgan fingerprint density at radius 2 is 1.76 bits per heavy atom. The third kappa shape index (κ3) is 5.36. The predicted molar refractivity (Wildman–Crippen MR) is 131 cm³/mol. The van der Waals surface area contributed by atoms with Gasteiger partial charge in [-0.1, -0.05) is 35.4 Å². The fraction of sp³-hybridized carbons (Fsp3) is 0.148. The first-order chi connectivity index (χ1) is 15.9. The SMILES string of the molecule is Cc1cc(C)cc(C(=O)Nc2cccc(C(C)Oc3cc(-c4cccnc4)cnc3N)c2)c1. The Morgan fingerprint density at radius 1 is 0.970 bits per heavy atom. The molecule has 2 aromatic heterocycles. The van der Waals surface area contributed by atoms with Crippen LogP contribution in [-0.2, 0) is 0 Å². The zero-order chi connectivity index (χ0) is 23.4. The first-order valence-corrected chi connectivity index (χ1v) is 10.7. The van der Waals surface area contributed by atoms with Gasteiger partial charge in [0.1, 0.15) is 6.10 Å². The van der Waals surface area contributed by atoms with Crippen LogP contribution in [0.4, 0.5) is 11.5 Å². The van der Waals surface area contributed by atoms with Crippen LogP contribution < -0.4 is 15.8 Å². The summed E-state index contributed by atoms with van der Waals surface area (Å²) in [4.78, 5) is 21.2. The lowest BCUT2D eigenvalue weighted by atomic mass is 10.1. The Balaban J connectivity index is 1.51. The molecule has 0 radical (unpaired) electrons. The second kappa shape index (κ2) is 9.53.